The standard InChI is InChI=1S/C10H12N4O2S2/c1-18(15,16)8-9(11)14-17-10(8)13-6-7-3-2-4-12-5-7/h2-5,13H,6H2,1H3,(H2,11,14). The maximum atomic E-state index is 11.6. The minimum Gasteiger partial charge on any atom is -0.382 e. The smallest absolute Gasteiger partial charge is 0.182 e. The van der Waals surface area contributed by atoms with E-state index in [1.165, 1.54) is 0 Å². The normalized spacial score (nSPS) is 11.4. The van der Waals surface area contributed by atoms with Gasteiger partial charge in [-0.3, -0.25) is 4.98 Å². The van der Waals surface area contributed by atoms with Crippen LogP contribution in [-0.4, -0.2) is 24.0 Å². The monoisotopic (exact) mass is 284 g/mol. The Hall–Kier alpha value is -1.67. The number of aromatic nitrogens is 2. The molecule has 0 spiro atoms. The molecule has 0 radical (unpaired) electrons. The average molecular weight is 284 g/mol. The van der Waals surface area contributed by atoms with E-state index in [-0.39, 0.29) is 10.7 Å². The molecule has 0 aliphatic carbocycles. The zero-order chi connectivity index (χ0) is 13.2. The van der Waals surface area contributed by atoms with E-state index in [2.05, 4.69) is 14.7 Å². The molecule has 0 aliphatic rings. The number of pyridine rings is 1. The Morgan fingerprint density at radius 1 is 1.50 bits per heavy atom. The lowest BCUT2D eigenvalue weighted by Crippen LogP contribution is -2.05. The molecule has 6 nitrogen and oxygen atoms in total. The third-order valence-corrected chi connectivity index (χ3v) is 4.32. The van der Waals surface area contributed by atoms with Crippen LogP contribution in [0.3, 0.4) is 0 Å². The quantitative estimate of drug-likeness (QED) is 0.873. The second kappa shape index (κ2) is 4.91. The lowest BCUT2D eigenvalue weighted by Gasteiger charge is -2.05. The first-order valence-corrected chi connectivity index (χ1v) is 7.73. The van der Waals surface area contributed by atoms with E-state index in [1.807, 2.05) is 12.1 Å². The van der Waals surface area contributed by atoms with Gasteiger partial charge in [0.05, 0.1) is 0 Å². The number of nitrogen functional groups attached to an aromatic ring is 1. The third kappa shape index (κ3) is 2.77. The van der Waals surface area contributed by atoms with E-state index in [9.17, 15) is 8.42 Å². The summed E-state index contributed by atoms with van der Waals surface area (Å²) in [5.74, 6) is 0.0381. The van der Waals surface area contributed by atoms with Crippen LogP contribution < -0.4 is 11.1 Å². The molecule has 0 atom stereocenters. The molecule has 96 valence electrons. The number of nitrogens with two attached hydrogens (primary N) is 1. The summed E-state index contributed by atoms with van der Waals surface area (Å²) in [6.07, 6.45) is 4.50. The van der Waals surface area contributed by atoms with Crippen molar-refractivity contribution >= 4 is 32.2 Å². The van der Waals surface area contributed by atoms with E-state index in [0.29, 0.717) is 11.5 Å². The molecule has 0 fully saturated rings. The van der Waals surface area contributed by atoms with Gasteiger partial charge in [-0.2, -0.15) is 4.37 Å². The first-order valence-electron chi connectivity index (χ1n) is 5.06. The van der Waals surface area contributed by atoms with Gasteiger partial charge in [0, 0.05) is 25.2 Å². The lowest BCUT2D eigenvalue weighted by molar-refractivity contribution is 0.602. The van der Waals surface area contributed by atoms with Crippen LogP contribution in [0, 0.1) is 0 Å². The maximum absolute atomic E-state index is 11.6. The molecular formula is C10H12N4O2S2. The number of rotatable bonds is 4. The molecule has 0 saturated carbocycles. The largest absolute Gasteiger partial charge is 0.382 e. The van der Waals surface area contributed by atoms with Crippen molar-refractivity contribution in [3.63, 3.8) is 0 Å². The Balaban J connectivity index is 2.21. The van der Waals surface area contributed by atoms with Gasteiger partial charge in [-0.15, -0.1) is 0 Å². The highest BCUT2D eigenvalue weighted by Gasteiger charge is 2.20. The Morgan fingerprint density at radius 2 is 2.28 bits per heavy atom. The van der Waals surface area contributed by atoms with Crippen molar-refractivity contribution in [3.8, 4) is 0 Å². The van der Waals surface area contributed by atoms with E-state index in [4.69, 9.17) is 5.73 Å². The molecule has 8 heteroatoms. The molecule has 2 rings (SSSR count). The van der Waals surface area contributed by atoms with Crippen LogP contribution in [0.1, 0.15) is 5.56 Å². The van der Waals surface area contributed by atoms with E-state index < -0.39 is 9.84 Å². The summed E-state index contributed by atoms with van der Waals surface area (Å²) in [4.78, 5) is 4.04. The Morgan fingerprint density at radius 3 is 2.89 bits per heavy atom. The summed E-state index contributed by atoms with van der Waals surface area (Å²) in [7, 11) is -3.38. The lowest BCUT2D eigenvalue weighted by atomic mass is 10.3. The number of nitrogens with zero attached hydrogens (tertiary/aromatic N) is 2. The minimum atomic E-state index is -3.38. The van der Waals surface area contributed by atoms with Crippen LogP contribution in [0.5, 0.6) is 0 Å². The Bertz CT molecular complexity index is 637. The number of hydrogen-bond donors (Lipinski definition) is 2. The molecule has 0 aromatic carbocycles. The first-order chi connectivity index (χ1) is 8.48. The summed E-state index contributed by atoms with van der Waals surface area (Å²) >= 11 is 1.04. The maximum Gasteiger partial charge on any atom is 0.182 e. The molecule has 18 heavy (non-hydrogen) atoms. The van der Waals surface area contributed by atoms with Gasteiger partial charge in [0.15, 0.2) is 15.7 Å². The second-order valence-corrected chi connectivity index (χ2v) is 6.44. The summed E-state index contributed by atoms with van der Waals surface area (Å²) < 4.78 is 27.0. The van der Waals surface area contributed by atoms with Crippen LogP contribution in [0.25, 0.3) is 0 Å². The van der Waals surface area contributed by atoms with Gasteiger partial charge in [-0.1, -0.05) is 6.07 Å². The second-order valence-electron chi connectivity index (χ2n) is 3.71. The van der Waals surface area contributed by atoms with Crippen LogP contribution >= 0.6 is 11.5 Å². The van der Waals surface area contributed by atoms with Gasteiger partial charge in [0.1, 0.15) is 9.90 Å². The van der Waals surface area contributed by atoms with Crippen molar-refractivity contribution < 1.29 is 8.42 Å². The van der Waals surface area contributed by atoms with Gasteiger partial charge >= 0.3 is 0 Å². The van der Waals surface area contributed by atoms with Crippen molar-refractivity contribution in [2.24, 2.45) is 0 Å². The Labute approximate surface area is 109 Å². The van der Waals surface area contributed by atoms with Crippen molar-refractivity contribution in [1.29, 1.82) is 0 Å². The van der Waals surface area contributed by atoms with E-state index >= 15 is 0 Å². The van der Waals surface area contributed by atoms with Crippen molar-refractivity contribution in [3.05, 3.63) is 30.1 Å². The topological polar surface area (TPSA) is 98.0 Å². The van der Waals surface area contributed by atoms with Crippen LogP contribution in [0.4, 0.5) is 10.8 Å². The predicted molar refractivity (Wildman–Crippen MR) is 71.2 cm³/mol. The molecule has 0 unspecified atom stereocenters. The van der Waals surface area contributed by atoms with Gasteiger partial charge in [-0.25, -0.2) is 8.42 Å². The fourth-order valence-electron chi connectivity index (χ4n) is 1.45. The van der Waals surface area contributed by atoms with Crippen LogP contribution in [0.15, 0.2) is 29.4 Å². The molecule has 0 amide bonds. The summed E-state index contributed by atoms with van der Waals surface area (Å²) in [6, 6.07) is 3.71. The van der Waals surface area contributed by atoms with Crippen molar-refractivity contribution in [2.75, 3.05) is 17.3 Å². The fourth-order valence-corrected chi connectivity index (χ4v) is 3.51. The average Bonchev–Trinajstić information content (AvgIpc) is 2.69. The van der Waals surface area contributed by atoms with Crippen LogP contribution in [-0.2, 0) is 16.4 Å². The van der Waals surface area contributed by atoms with Crippen LogP contribution in [0.2, 0.25) is 0 Å². The van der Waals surface area contributed by atoms with Gasteiger partial charge in [-0.05, 0) is 23.2 Å². The zero-order valence-electron chi connectivity index (χ0n) is 9.62. The molecule has 2 aromatic rings. The summed E-state index contributed by atoms with van der Waals surface area (Å²) in [5.41, 5.74) is 6.51. The number of sulfone groups is 1. The van der Waals surface area contributed by atoms with Crippen molar-refractivity contribution in [2.45, 2.75) is 11.4 Å². The highest BCUT2D eigenvalue weighted by Crippen LogP contribution is 2.31. The van der Waals surface area contributed by atoms with Gasteiger partial charge < -0.3 is 11.1 Å². The third-order valence-electron chi connectivity index (χ3n) is 2.22. The van der Waals surface area contributed by atoms with Gasteiger partial charge in [0.2, 0.25) is 0 Å². The molecule has 0 saturated heterocycles. The molecule has 0 aliphatic heterocycles. The highest BCUT2D eigenvalue weighted by molar-refractivity contribution is 7.91. The molecule has 3 N–H and O–H groups in total. The van der Waals surface area contributed by atoms with E-state index in [1.54, 1.807) is 12.4 Å². The fraction of sp³-hybridized carbons (Fsp3) is 0.200. The van der Waals surface area contributed by atoms with E-state index in [0.717, 1.165) is 23.4 Å². The molecule has 2 aromatic heterocycles. The minimum absolute atomic E-state index is 0.0381. The molecule has 2 heterocycles. The highest BCUT2D eigenvalue weighted by atomic mass is 32.2. The summed E-state index contributed by atoms with van der Waals surface area (Å²) in [6.45, 7) is 0.470. The first kappa shape index (κ1) is 12.8. The summed E-state index contributed by atoms with van der Waals surface area (Å²) in [5, 5.41) is 3.47. The zero-order valence-corrected chi connectivity index (χ0v) is 11.3. The van der Waals surface area contributed by atoms with Gasteiger partial charge in [0.25, 0.3) is 0 Å². The molecular weight excluding hydrogens is 272 g/mol. The molecule has 0 bridgehead atoms. The SMILES string of the molecule is CS(=O)(=O)c1c(N)nsc1NCc1cccnc1. The number of anilines is 2. The number of nitrogens with one attached hydrogen (secondary N) is 1. The van der Waals surface area contributed by atoms with Crippen molar-refractivity contribution in [1.82, 2.24) is 9.36 Å². The Kier molecular flexibility index (Phi) is 3.48. The number of hydrogen-bond acceptors (Lipinski definition) is 7. The predicted octanol–water partition coefficient (Wildman–Crippen LogP) is 1.14.